The number of benzene rings is 1. The van der Waals surface area contributed by atoms with Crippen LogP contribution < -0.4 is 10.6 Å². The van der Waals surface area contributed by atoms with Crippen molar-refractivity contribution < 1.29 is 4.52 Å². The van der Waals surface area contributed by atoms with E-state index in [4.69, 9.17) is 4.52 Å². The molecule has 1 saturated carbocycles. The summed E-state index contributed by atoms with van der Waals surface area (Å²) < 4.78 is 6.49. The Hall–Kier alpha value is -1.89. The van der Waals surface area contributed by atoms with Gasteiger partial charge in [0.25, 0.3) is 0 Å². The molecule has 3 rings (SSSR count). The van der Waals surface area contributed by atoms with Crippen molar-refractivity contribution >= 4 is 21.9 Å². The highest BCUT2D eigenvalue weighted by Gasteiger charge is 2.45. The summed E-state index contributed by atoms with van der Waals surface area (Å²) in [5.74, 6) is 2.01. The maximum atomic E-state index is 5.32. The summed E-state index contributed by atoms with van der Waals surface area (Å²) in [4.78, 5) is 8.74. The molecule has 0 aliphatic heterocycles. The van der Waals surface area contributed by atoms with E-state index in [9.17, 15) is 0 Å². The van der Waals surface area contributed by atoms with Crippen LogP contribution in [-0.2, 0) is 17.4 Å². The molecule has 1 aliphatic carbocycles. The van der Waals surface area contributed by atoms with Gasteiger partial charge < -0.3 is 15.2 Å². The molecule has 1 aliphatic rings. The van der Waals surface area contributed by atoms with E-state index in [1.54, 1.807) is 7.05 Å². The minimum atomic E-state index is -0.146. The zero-order chi connectivity index (χ0) is 18.8. The van der Waals surface area contributed by atoms with Gasteiger partial charge in [-0.25, -0.2) is 0 Å². The Balaban J connectivity index is 1.56. The summed E-state index contributed by atoms with van der Waals surface area (Å²) in [6.45, 7) is 7.47. The van der Waals surface area contributed by atoms with E-state index >= 15 is 0 Å². The number of halogens is 1. The second kappa shape index (κ2) is 7.39. The van der Waals surface area contributed by atoms with Crippen LogP contribution in [0.25, 0.3) is 0 Å². The van der Waals surface area contributed by atoms with Crippen LogP contribution in [0.15, 0.2) is 38.3 Å². The summed E-state index contributed by atoms with van der Waals surface area (Å²) >= 11 is 3.68. The number of aromatic nitrogens is 2. The van der Waals surface area contributed by atoms with E-state index < -0.39 is 0 Å². The highest BCUT2D eigenvalue weighted by molar-refractivity contribution is 9.10. The van der Waals surface area contributed by atoms with Gasteiger partial charge in [-0.05, 0) is 24.5 Å². The van der Waals surface area contributed by atoms with Gasteiger partial charge in [0.15, 0.2) is 11.8 Å². The number of nitrogens with zero attached hydrogens (tertiary/aromatic N) is 3. The predicted octanol–water partition coefficient (Wildman–Crippen LogP) is 3.53. The summed E-state index contributed by atoms with van der Waals surface area (Å²) in [5, 5.41) is 10.7. The molecule has 0 atom stereocenters. The standard InChI is InChI=1S/C19H26BrN5O/c1-18(2,3)16-24-15(25-26-16)11-22-17(21-4)23-12-19(9-10-19)13-7-5-6-8-14(13)20/h5-8H,9-12H2,1-4H3,(H2,21,22,23). The van der Waals surface area contributed by atoms with Crippen molar-refractivity contribution in [1.82, 2.24) is 20.8 Å². The summed E-state index contributed by atoms with van der Waals surface area (Å²) in [6.07, 6.45) is 2.36. The molecular formula is C19H26BrN5O. The first-order valence-electron chi connectivity index (χ1n) is 8.87. The van der Waals surface area contributed by atoms with E-state index in [1.807, 2.05) is 6.07 Å². The molecule has 0 saturated heterocycles. The van der Waals surface area contributed by atoms with Crippen molar-refractivity contribution in [3.63, 3.8) is 0 Å². The third kappa shape index (κ3) is 4.26. The lowest BCUT2D eigenvalue weighted by molar-refractivity contribution is 0.318. The Bertz CT molecular complexity index is 789. The fraction of sp³-hybridized carbons (Fsp3) is 0.526. The molecule has 2 N–H and O–H groups in total. The van der Waals surface area contributed by atoms with Crippen molar-refractivity contribution in [2.45, 2.75) is 51.0 Å². The van der Waals surface area contributed by atoms with E-state index in [-0.39, 0.29) is 10.8 Å². The lowest BCUT2D eigenvalue weighted by Gasteiger charge is -2.20. The number of guanidine groups is 1. The molecule has 140 valence electrons. The van der Waals surface area contributed by atoms with Gasteiger partial charge in [-0.1, -0.05) is 60.1 Å². The monoisotopic (exact) mass is 419 g/mol. The van der Waals surface area contributed by atoms with Crippen molar-refractivity contribution in [2.75, 3.05) is 13.6 Å². The van der Waals surface area contributed by atoms with E-state index in [0.29, 0.717) is 18.3 Å². The molecule has 1 fully saturated rings. The van der Waals surface area contributed by atoms with Crippen molar-refractivity contribution in [2.24, 2.45) is 4.99 Å². The summed E-state index contributed by atoms with van der Waals surface area (Å²) in [6, 6.07) is 8.44. The van der Waals surface area contributed by atoms with Crippen LogP contribution in [0.2, 0.25) is 0 Å². The molecule has 0 unspecified atom stereocenters. The zero-order valence-electron chi connectivity index (χ0n) is 15.8. The highest BCUT2D eigenvalue weighted by Crippen LogP contribution is 2.49. The van der Waals surface area contributed by atoms with Gasteiger partial charge in [-0.15, -0.1) is 0 Å². The highest BCUT2D eigenvalue weighted by atomic mass is 79.9. The Kier molecular flexibility index (Phi) is 5.37. The largest absolute Gasteiger partial charge is 0.356 e. The number of hydrogen-bond acceptors (Lipinski definition) is 4. The zero-order valence-corrected chi connectivity index (χ0v) is 17.4. The lowest BCUT2D eigenvalue weighted by atomic mass is 9.96. The Morgan fingerprint density at radius 1 is 1.27 bits per heavy atom. The molecule has 6 nitrogen and oxygen atoms in total. The third-order valence-electron chi connectivity index (χ3n) is 4.64. The van der Waals surface area contributed by atoms with E-state index in [1.165, 1.54) is 22.9 Å². The van der Waals surface area contributed by atoms with Crippen LogP contribution in [0.5, 0.6) is 0 Å². The molecule has 1 aromatic heterocycles. The molecular weight excluding hydrogens is 394 g/mol. The number of nitrogens with one attached hydrogen (secondary N) is 2. The molecule has 26 heavy (non-hydrogen) atoms. The SMILES string of the molecule is CN=C(NCc1noc(C(C)(C)C)n1)NCC1(c2ccccc2Br)CC1. The van der Waals surface area contributed by atoms with E-state index in [2.05, 4.69) is 80.7 Å². The molecule has 0 amide bonds. The van der Waals surface area contributed by atoms with Crippen molar-refractivity contribution in [1.29, 1.82) is 0 Å². The minimum absolute atomic E-state index is 0.146. The second-order valence-electron chi connectivity index (χ2n) is 7.81. The number of aliphatic imine (C=N–C) groups is 1. The van der Waals surface area contributed by atoms with Crippen molar-refractivity contribution in [3.05, 3.63) is 46.0 Å². The third-order valence-corrected chi connectivity index (χ3v) is 5.33. The average molecular weight is 420 g/mol. The molecule has 1 heterocycles. The van der Waals surface area contributed by atoms with Gasteiger partial charge in [-0.2, -0.15) is 4.98 Å². The van der Waals surface area contributed by atoms with Crippen LogP contribution >= 0.6 is 15.9 Å². The van der Waals surface area contributed by atoms with Gasteiger partial charge in [-0.3, -0.25) is 4.99 Å². The van der Waals surface area contributed by atoms with Crippen LogP contribution in [0.4, 0.5) is 0 Å². The Morgan fingerprint density at radius 2 is 2.00 bits per heavy atom. The van der Waals surface area contributed by atoms with Gasteiger partial charge >= 0.3 is 0 Å². The van der Waals surface area contributed by atoms with Gasteiger partial charge in [0.05, 0.1) is 6.54 Å². The lowest BCUT2D eigenvalue weighted by Crippen LogP contribution is -2.41. The van der Waals surface area contributed by atoms with Crippen molar-refractivity contribution in [3.8, 4) is 0 Å². The van der Waals surface area contributed by atoms with Gasteiger partial charge in [0.2, 0.25) is 5.89 Å². The predicted molar refractivity (Wildman–Crippen MR) is 106 cm³/mol. The molecule has 1 aromatic carbocycles. The topological polar surface area (TPSA) is 75.3 Å². The smallest absolute Gasteiger partial charge is 0.232 e. The van der Waals surface area contributed by atoms with Crippen LogP contribution in [0, 0.1) is 0 Å². The van der Waals surface area contributed by atoms with Crippen LogP contribution in [-0.4, -0.2) is 29.7 Å². The number of hydrogen-bond donors (Lipinski definition) is 2. The average Bonchev–Trinajstić information content (AvgIpc) is 3.22. The molecule has 0 radical (unpaired) electrons. The Morgan fingerprint density at radius 3 is 2.58 bits per heavy atom. The molecule has 2 aromatic rings. The quantitative estimate of drug-likeness (QED) is 0.572. The maximum Gasteiger partial charge on any atom is 0.232 e. The molecule has 7 heteroatoms. The minimum Gasteiger partial charge on any atom is -0.356 e. The van der Waals surface area contributed by atoms with Gasteiger partial charge in [0, 0.05) is 28.9 Å². The normalized spacial score (nSPS) is 16.4. The first-order chi connectivity index (χ1) is 12.3. The molecule has 0 spiro atoms. The first-order valence-corrected chi connectivity index (χ1v) is 9.66. The van der Waals surface area contributed by atoms with Crippen LogP contribution in [0.3, 0.4) is 0 Å². The maximum absolute atomic E-state index is 5.32. The Labute approximate surface area is 163 Å². The van der Waals surface area contributed by atoms with Gasteiger partial charge in [0.1, 0.15) is 0 Å². The fourth-order valence-corrected chi connectivity index (χ4v) is 3.56. The first kappa shape index (κ1) is 18.9. The summed E-state index contributed by atoms with van der Waals surface area (Å²) in [5.41, 5.74) is 1.39. The van der Waals surface area contributed by atoms with E-state index in [0.717, 1.165) is 12.5 Å². The van der Waals surface area contributed by atoms with Crippen LogP contribution in [0.1, 0.15) is 50.9 Å². The summed E-state index contributed by atoms with van der Waals surface area (Å²) in [7, 11) is 1.77. The second-order valence-corrected chi connectivity index (χ2v) is 8.66. The molecule has 0 bridgehead atoms. The number of rotatable bonds is 5. The fourth-order valence-electron chi connectivity index (χ4n) is 2.85.